The van der Waals surface area contributed by atoms with Gasteiger partial charge in [0.1, 0.15) is 12.8 Å². The fourth-order valence-corrected chi connectivity index (χ4v) is 0.462. The summed E-state index contributed by atoms with van der Waals surface area (Å²) in [5.41, 5.74) is 5.33. The second-order valence-electron chi connectivity index (χ2n) is 1.80. The zero-order valence-corrected chi connectivity index (χ0v) is 6.29. The van der Waals surface area contributed by atoms with Gasteiger partial charge in [0.05, 0.1) is 0 Å². The van der Waals surface area contributed by atoms with Gasteiger partial charge < -0.3 is 15.2 Å². The standard InChI is InChI=1S/C6H13NO3/c1-3-9-6(7)4-10-5(2)8/h6H,3-4,7H2,1-2H3. The molecule has 0 fully saturated rings. The molecule has 0 saturated carbocycles. The van der Waals surface area contributed by atoms with E-state index in [1.807, 2.05) is 6.92 Å². The first kappa shape index (κ1) is 9.39. The van der Waals surface area contributed by atoms with E-state index in [-0.39, 0.29) is 12.6 Å². The first-order chi connectivity index (χ1) is 4.66. The minimum absolute atomic E-state index is 0.128. The molecule has 0 saturated heterocycles. The highest BCUT2D eigenvalue weighted by atomic mass is 16.6. The van der Waals surface area contributed by atoms with Gasteiger partial charge in [-0.3, -0.25) is 4.79 Å². The van der Waals surface area contributed by atoms with E-state index in [4.69, 9.17) is 10.5 Å². The Hall–Kier alpha value is -0.610. The Morgan fingerprint density at radius 2 is 2.30 bits per heavy atom. The number of carbonyl (C=O) groups excluding carboxylic acids is 1. The van der Waals surface area contributed by atoms with Crippen molar-refractivity contribution in [2.45, 2.75) is 20.1 Å². The number of nitrogens with two attached hydrogens (primary N) is 1. The van der Waals surface area contributed by atoms with Gasteiger partial charge in [-0.2, -0.15) is 0 Å². The molecule has 0 radical (unpaired) electrons. The number of esters is 1. The van der Waals surface area contributed by atoms with Crippen molar-refractivity contribution >= 4 is 5.97 Å². The predicted molar refractivity (Wildman–Crippen MR) is 36.2 cm³/mol. The normalized spacial score (nSPS) is 12.7. The molecule has 0 amide bonds. The van der Waals surface area contributed by atoms with Gasteiger partial charge in [0.25, 0.3) is 0 Å². The lowest BCUT2D eigenvalue weighted by molar-refractivity contribution is -0.145. The lowest BCUT2D eigenvalue weighted by atomic mass is 10.6. The molecule has 0 aromatic carbocycles. The maximum atomic E-state index is 10.2. The summed E-state index contributed by atoms with van der Waals surface area (Å²) >= 11 is 0. The fourth-order valence-electron chi connectivity index (χ4n) is 0.462. The Morgan fingerprint density at radius 3 is 2.70 bits per heavy atom. The molecular weight excluding hydrogens is 134 g/mol. The van der Waals surface area contributed by atoms with Crippen molar-refractivity contribution in [3.8, 4) is 0 Å². The summed E-state index contributed by atoms with van der Waals surface area (Å²) in [5, 5.41) is 0. The van der Waals surface area contributed by atoms with E-state index < -0.39 is 6.23 Å². The van der Waals surface area contributed by atoms with Crippen LogP contribution in [0.3, 0.4) is 0 Å². The third-order valence-electron chi connectivity index (χ3n) is 0.832. The summed E-state index contributed by atoms with van der Waals surface area (Å²) < 4.78 is 9.46. The minimum Gasteiger partial charge on any atom is -0.462 e. The van der Waals surface area contributed by atoms with Gasteiger partial charge in [0.15, 0.2) is 0 Å². The van der Waals surface area contributed by atoms with Crippen LogP contribution in [0.2, 0.25) is 0 Å². The minimum atomic E-state index is -0.492. The van der Waals surface area contributed by atoms with Gasteiger partial charge in [-0.25, -0.2) is 0 Å². The van der Waals surface area contributed by atoms with E-state index in [1.54, 1.807) is 0 Å². The number of hydrogen-bond acceptors (Lipinski definition) is 4. The first-order valence-electron chi connectivity index (χ1n) is 3.17. The average molecular weight is 147 g/mol. The zero-order valence-electron chi connectivity index (χ0n) is 6.29. The van der Waals surface area contributed by atoms with E-state index in [2.05, 4.69) is 4.74 Å². The lowest BCUT2D eigenvalue weighted by Crippen LogP contribution is -2.30. The van der Waals surface area contributed by atoms with Crippen LogP contribution in [-0.2, 0) is 14.3 Å². The van der Waals surface area contributed by atoms with Crippen LogP contribution < -0.4 is 5.73 Å². The molecule has 1 atom stereocenters. The van der Waals surface area contributed by atoms with Crippen molar-refractivity contribution in [2.24, 2.45) is 5.73 Å². The molecule has 2 N–H and O–H groups in total. The van der Waals surface area contributed by atoms with Crippen LogP contribution in [0.15, 0.2) is 0 Å². The quantitative estimate of drug-likeness (QED) is 0.444. The molecule has 0 spiro atoms. The van der Waals surface area contributed by atoms with Crippen LogP contribution in [-0.4, -0.2) is 25.4 Å². The Morgan fingerprint density at radius 1 is 1.70 bits per heavy atom. The van der Waals surface area contributed by atoms with Crippen LogP contribution in [0, 0.1) is 0 Å². The van der Waals surface area contributed by atoms with Crippen LogP contribution in [0.25, 0.3) is 0 Å². The van der Waals surface area contributed by atoms with Gasteiger partial charge in [-0.15, -0.1) is 0 Å². The van der Waals surface area contributed by atoms with E-state index in [1.165, 1.54) is 6.92 Å². The lowest BCUT2D eigenvalue weighted by Gasteiger charge is -2.10. The molecule has 0 aliphatic heterocycles. The first-order valence-corrected chi connectivity index (χ1v) is 3.17. The third kappa shape index (κ3) is 5.53. The SMILES string of the molecule is CCOC(N)COC(C)=O. The van der Waals surface area contributed by atoms with E-state index in [9.17, 15) is 4.79 Å². The second kappa shape index (κ2) is 5.20. The Balaban J connectivity index is 3.21. The number of hydrogen-bond donors (Lipinski definition) is 1. The molecular formula is C6H13NO3. The molecule has 0 aliphatic rings. The molecule has 0 aromatic heterocycles. The van der Waals surface area contributed by atoms with Gasteiger partial charge in [-0.1, -0.05) is 0 Å². The smallest absolute Gasteiger partial charge is 0.302 e. The zero-order chi connectivity index (χ0) is 7.98. The van der Waals surface area contributed by atoms with Crippen LogP contribution in [0.5, 0.6) is 0 Å². The number of rotatable bonds is 4. The monoisotopic (exact) mass is 147 g/mol. The van der Waals surface area contributed by atoms with Crippen molar-refractivity contribution in [1.82, 2.24) is 0 Å². The molecule has 60 valence electrons. The van der Waals surface area contributed by atoms with Crippen LogP contribution in [0.1, 0.15) is 13.8 Å². The molecule has 1 unspecified atom stereocenters. The largest absolute Gasteiger partial charge is 0.462 e. The van der Waals surface area contributed by atoms with Crippen LogP contribution in [0.4, 0.5) is 0 Å². The number of carbonyl (C=O) groups is 1. The summed E-state index contributed by atoms with van der Waals surface area (Å²) in [6, 6.07) is 0. The summed E-state index contributed by atoms with van der Waals surface area (Å²) in [6.07, 6.45) is -0.492. The molecule has 0 bridgehead atoms. The van der Waals surface area contributed by atoms with E-state index >= 15 is 0 Å². The molecule has 4 nitrogen and oxygen atoms in total. The van der Waals surface area contributed by atoms with Crippen molar-refractivity contribution < 1.29 is 14.3 Å². The molecule has 0 aromatic rings. The van der Waals surface area contributed by atoms with Gasteiger partial charge in [-0.05, 0) is 6.92 Å². The van der Waals surface area contributed by atoms with Crippen molar-refractivity contribution in [3.63, 3.8) is 0 Å². The second-order valence-corrected chi connectivity index (χ2v) is 1.80. The maximum Gasteiger partial charge on any atom is 0.302 e. The highest BCUT2D eigenvalue weighted by molar-refractivity contribution is 5.65. The van der Waals surface area contributed by atoms with Crippen molar-refractivity contribution in [1.29, 1.82) is 0 Å². The molecule has 10 heavy (non-hydrogen) atoms. The number of ether oxygens (including phenoxy) is 2. The van der Waals surface area contributed by atoms with Crippen molar-refractivity contribution in [2.75, 3.05) is 13.2 Å². The van der Waals surface area contributed by atoms with Crippen molar-refractivity contribution in [3.05, 3.63) is 0 Å². The molecule has 0 rings (SSSR count). The Bertz CT molecular complexity index is 105. The summed E-state index contributed by atoms with van der Waals surface area (Å²) in [6.45, 7) is 3.82. The highest BCUT2D eigenvalue weighted by Crippen LogP contribution is 1.84. The summed E-state index contributed by atoms with van der Waals surface area (Å²) in [7, 11) is 0. The average Bonchev–Trinajstić information content (AvgIpc) is 1.85. The fraction of sp³-hybridized carbons (Fsp3) is 0.833. The van der Waals surface area contributed by atoms with Gasteiger partial charge in [0.2, 0.25) is 0 Å². The molecule has 4 heteroatoms. The topological polar surface area (TPSA) is 61.6 Å². The summed E-state index contributed by atoms with van der Waals surface area (Å²) in [5.74, 6) is -0.338. The molecule has 0 heterocycles. The predicted octanol–water partition coefficient (Wildman–Crippen LogP) is -0.129. The van der Waals surface area contributed by atoms with Gasteiger partial charge in [0, 0.05) is 13.5 Å². The Labute approximate surface area is 60.3 Å². The highest BCUT2D eigenvalue weighted by Gasteiger charge is 2.01. The summed E-state index contributed by atoms with van der Waals surface area (Å²) in [4.78, 5) is 10.2. The van der Waals surface area contributed by atoms with Crippen LogP contribution >= 0.6 is 0 Å². The van der Waals surface area contributed by atoms with E-state index in [0.717, 1.165) is 0 Å². The van der Waals surface area contributed by atoms with Gasteiger partial charge >= 0.3 is 5.97 Å². The Kier molecular flexibility index (Phi) is 4.88. The maximum absolute atomic E-state index is 10.2. The molecule has 0 aliphatic carbocycles. The van der Waals surface area contributed by atoms with E-state index in [0.29, 0.717) is 6.61 Å². The third-order valence-corrected chi connectivity index (χ3v) is 0.832.